The van der Waals surface area contributed by atoms with Crippen molar-refractivity contribution in [2.45, 2.75) is 40.2 Å². The molecule has 33 heavy (non-hydrogen) atoms. The first-order valence-electron chi connectivity index (χ1n) is 10.4. The number of carbonyl (C=O) groups excluding carboxylic acids is 1. The number of carbonyl (C=O) groups is 2. The summed E-state index contributed by atoms with van der Waals surface area (Å²) in [5.41, 5.74) is 7.06. The average molecular weight is 456 g/mol. The van der Waals surface area contributed by atoms with Gasteiger partial charge in [-0.05, 0) is 35.2 Å². The van der Waals surface area contributed by atoms with Gasteiger partial charge in [0, 0.05) is 19.5 Å². The Kier molecular flexibility index (Phi) is 8.58. The molecule has 0 aliphatic heterocycles. The molecule has 9 heteroatoms. The zero-order chi connectivity index (χ0) is 24.7. The lowest BCUT2D eigenvalue weighted by Gasteiger charge is -2.12. The number of carboxylic acids is 1. The number of nitrogens with two attached hydrogens (primary N) is 1. The van der Waals surface area contributed by atoms with E-state index in [9.17, 15) is 24.9 Å². The molecular weight excluding hydrogens is 426 g/mol. The molecule has 1 amide bonds. The molecule has 0 bridgehead atoms. The van der Waals surface area contributed by atoms with Crippen LogP contribution in [0.5, 0.6) is 11.5 Å². The standard InChI is InChI=1S/C22H24N2O5.C2H5NO/c1-4-23-11-13-5-7-14(8-6-13)19-20(22(27)28)24-29-21(19)16-9-15(12(2)3)17(25)10-18(16)26;1-2(3)4/h5-10,12,23,25-26H,4,11H2,1-3H3,(H,27,28);1H3,(H2,3,4). The smallest absolute Gasteiger partial charge is 0.358 e. The number of amides is 1. The molecule has 1 aromatic heterocycles. The number of rotatable bonds is 7. The number of phenolic OH excluding ortho intramolecular Hbond substituents is 2. The molecule has 0 radical (unpaired) electrons. The van der Waals surface area contributed by atoms with Gasteiger partial charge in [0.15, 0.2) is 11.5 Å². The molecule has 1 heterocycles. The highest BCUT2D eigenvalue weighted by Gasteiger charge is 2.26. The molecular formula is C24H29N3O6. The molecule has 2 aromatic carbocycles. The third-order valence-electron chi connectivity index (χ3n) is 4.73. The number of aromatic carboxylic acids is 1. The third kappa shape index (κ3) is 6.33. The van der Waals surface area contributed by atoms with Crippen LogP contribution in [0.4, 0.5) is 0 Å². The number of hydrogen-bond donors (Lipinski definition) is 5. The zero-order valence-electron chi connectivity index (χ0n) is 19.0. The van der Waals surface area contributed by atoms with Gasteiger partial charge in [0.05, 0.1) is 11.1 Å². The van der Waals surface area contributed by atoms with E-state index in [4.69, 9.17) is 4.52 Å². The monoisotopic (exact) mass is 455 g/mol. The van der Waals surface area contributed by atoms with Crippen LogP contribution in [-0.2, 0) is 11.3 Å². The van der Waals surface area contributed by atoms with E-state index in [1.54, 1.807) is 18.2 Å². The number of carboxylic acid groups (broad SMARTS) is 1. The molecule has 0 aliphatic rings. The van der Waals surface area contributed by atoms with Gasteiger partial charge in [0.2, 0.25) is 5.91 Å². The molecule has 0 aliphatic carbocycles. The minimum atomic E-state index is -1.23. The van der Waals surface area contributed by atoms with Crippen molar-refractivity contribution < 1.29 is 29.4 Å². The first kappa shape index (κ1) is 25.4. The predicted octanol–water partition coefficient (Wildman–Crippen LogP) is 3.84. The molecule has 3 rings (SSSR count). The van der Waals surface area contributed by atoms with Crippen LogP contribution in [0.2, 0.25) is 0 Å². The molecule has 0 saturated heterocycles. The van der Waals surface area contributed by atoms with Gasteiger partial charge in [-0.15, -0.1) is 0 Å². The summed E-state index contributed by atoms with van der Waals surface area (Å²) in [7, 11) is 0. The van der Waals surface area contributed by atoms with E-state index in [1.807, 2.05) is 32.9 Å². The average Bonchev–Trinajstić information content (AvgIpc) is 3.17. The van der Waals surface area contributed by atoms with Crippen LogP contribution in [0, 0.1) is 0 Å². The summed E-state index contributed by atoms with van der Waals surface area (Å²) < 4.78 is 5.36. The van der Waals surface area contributed by atoms with Crippen molar-refractivity contribution in [3.8, 4) is 33.9 Å². The number of nitrogens with one attached hydrogen (secondary N) is 1. The van der Waals surface area contributed by atoms with Gasteiger partial charge in [0.1, 0.15) is 11.5 Å². The molecule has 3 aromatic rings. The second-order valence-corrected chi connectivity index (χ2v) is 7.71. The Morgan fingerprint density at radius 2 is 1.73 bits per heavy atom. The molecule has 9 nitrogen and oxygen atoms in total. The lowest BCUT2D eigenvalue weighted by Crippen LogP contribution is -2.11. The lowest BCUT2D eigenvalue weighted by atomic mass is 9.94. The Hall–Kier alpha value is -3.85. The summed E-state index contributed by atoms with van der Waals surface area (Å²) in [4.78, 5) is 20.9. The molecule has 0 saturated carbocycles. The maximum atomic E-state index is 11.7. The van der Waals surface area contributed by atoms with Crippen molar-refractivity contribution in [1.82, 2.24) is 10.5 Å². The van der Waals surface area contributed by atoms with E-state index in [0.717, 1.165) is 12.1 Å². The maximum absolute atomic E-state index is 11.7. The van der Waals surface area contributed by atoms with Crippen LogP contribution < -0.4 is 11.1 Å². The largest absolute Gasteiger partial charge is 0.508 e. The van der Waals surface area contributed by atoms with E-state index in [2.05, 4.69) is 16.2 Å². The second kappa shape index (κ2) is 11.1. The Morgan fingerprint density at radius 1 is 1.12 bits per heavy atom. The van der Waals surface area contributed by atoms with Crippen molar-refractivity contribution in [1.29, 1.82) is 0 Å². The normalized spacial score (nSPS) is 10.6. The fourth-order valence-corrected chi connectivity index (χ4v) is 3.18. The quantitative estimate of drug-likeness (QED) is 0.359. The van der Waals surface area contributed by atoms with Gasteiger partial charge in [-0.3, -0.25) is 4.79 Å². The molecule has 0 unspecified atom stereocenters. The first-order valence-corrected chi connectivity index (χ1v) is 10.4. The minimum Gasteiger partial charge on any atom is -0.508 e. The number of primary amides is 1. The van der Waals surface area contributed by atoms with Gasteiger partial charge >= 0.3 is 5.97 Å². The number of phenols is 2. The van der Waals surface area contributed by atoms with Crippen molar-refractivity contribution in [3.63, 3.8) is 0 Å². The molecule has 6 N–H and O–H groups in total. The van der Waals surface area contributed by atoms with Crippen molar-refractivity contribution in [2.75, 3.05) is 6.54 Å². The van der Waals surface area contributed by atoms with Crippen LogP contribution in [-0.4, -0.2) is 38.9 Å². The molecule has 0 spiro atoms. The van der Waals surface area contributed by atoms with Crippen LogP contribution in [0.1, 0.15) is 55.2 Å². The molecule has 176 valence electrons. The maximum Gasteiger partial charge on any atom is 0.358 e. The lowest BCUT2D eigenvalue weighted by molar-refractivity contribution is -0.115. The zero-order valence-corrected chi connectivity index (χ0v) is 19.0. The highest BCUT2D eigenvalue weighted by Crippen LogP contribution is 2.43. The number of nitrogens with zero attached hydrogens (tertiary/aromatic N) is 1. The number of benzene rings is 2. The Bertz CT molecular complexity index is 1120. The fourth-order valence-electron chi connectivity index (χ4n) is 3.18. The Labute approximate surface area is 191 Å². The summed E-state index contributed by atoms with van der Waals surface area (Å²) in [6.07, 6.45) is 0. The summed E-state index contributed by atoms with van der Waals surface area (Å²) in [6.45, 7) is 8.69. The Balaban J connectivity index is 0.000000890. The van der Waals surface area contributed by atoms with Crippen LogP contribution in [0.3, 0.4) is 0 Å². The van der Waals surface area contributed by atoms with Gasteiger partial charge in [-0.1, -0.05) is 50.2 Å². The fraction of sp³-hybridized carbons (Fsp3) is 0.292. The number of aromatic nitrogens is 1. The van der Waals surface area contributed by atoms with Crippen LogP contribution in [0.15, 0.2) is 40.9 Å². The number of hydrogen-bond acceptors (Lipinski definition) is 7. The van der Waals surface area contributed by atoms with E-state index < -0.39 is 5.97 Å². The topological polar surface area (TPSA) is 159 Å². The van der Waals surface area contributed by atoms with Crippen molar-refractivity contribution in [3.05, 3.63) is 53.2 Å². The highest BCUT2D eigenvalue weighted by atomic mass is 16.5. The summed E-state index contributed by atoms with van der Waals surface area (Å²) in [5.74, 6) is -1.68. The van der Waals surface area contributed by atoms with Gasteiger partial charge in [0.25, 0.3) is 0 Å². The Morgan fingerprint density at radius 3 is 2.24 bits per heavy atom. The van der Waals surface area contributed by atoms with Crippen molar-refractivity contribution in [2.24, 2.45) is 5.73 Å². The van der Waals surface area contributed by atoms with Gasteiger partial charge in [-0.25, -0.2) is 4.79 Å². The van der Waals surface area contributed by atoms with E-state index in [0.29, 0.717) is 17.7 Å². The predicted molar refractivity (Wildman–Crippen MR) is 124 cm³/mol. The van der Waals surface area contributed by atoms with Crippen molar-refractivity contribution >= 4 is 11.9 Å². The number of aromatic hydroxyl groups is 2. The van der Waals surface area contributed by atoms with Crippen LogP contribution >= 0.6 is 0 Å². The third-order valence-corrected chi connectivity index (χ3v) is 4.73. The molecule has 0 fully saturated rings. The second-order valence-electron chi connectivity index (χ2n) is 7.71. The van der Waals surface area contributed by atoms with E-state index >= 15 is 0 Å². The summed E-state index contributed by atoms with van der Waals surface area (Å²) in [5, 5.41) is 37.0. The van der Waals surface area contributed by atoms with Gasteiger partial charge in [-0.2, -0.15) is 0 Å². The minimum absolute atomic E-state index is 0.00925. The van der Waals surface area contributed by atoms with Gasteiger partial charge < -0.3 is 30.9 Å². The first-order chi connectivity index (χ1) is 15.6. The summed E-state index contributed by atoms with van der Waals surface area (Å²) >= 11 is 0. The summed E-state index contributed by atoms with van der Waals surface area (Å²) in [6, 6.07) is 10.2. The molecule has 0 atom stereocenters. The van der Waals surface area contributed by atoms with E-state index in [-0.39, 0.29) is 45.9 Å². The van der Waals surface area contributed by atoms with Crippen LogP contribution in [0.25, 0.3) is 22.5 Å². The van der Waals surface area contributed by atoms with E-state index in [1.165, 1.54) is 13.0 Å². The SMILES string of the molecule is CC(N)=O.CCNCc1ccc(-c2c(C(=O)O)noc2-c2cc(C(C)C)c(O)cc2O)cc1. The highest BCUT2D eigenvalue weighted by molar-refractivity contribution is 5.99.